The van der Waals surface area contributed by atoms with Crippen molar-refractivity contribution in [1.29, 1.82) is 0 Å². The molecule has 0 bridgehead atoms. The molecule has 2 aliphatic heterocycles. The lowest BCUT2D eigenvalue weighted by molar-refractivity contribution is -0.139. The normalized spacial score (nSPS) is 22.4. The molecule has 21 heavy (non-hydrogen) atoms. The van der Waals surface area contributed by atoms with E-state index in [0.29, 0.717) is 38.4 Å². The predicted molar refractivity (Wildman–Crippen MR) is 75.7 cm³/mol. The Hall–Kier alpha value is -1.95. The summed E-state index contributed by atoms with van der Waals surface area (Å²) in [5.41, 5.74) is 0.590. The highest BCUT2D eigenvalue weighted by Crippen LogP contribution is 2.22. The van der Waals surface area contributed by atoms with E-state index < -0.39 is 0 Å². The number of ether oxygens (including phenoxy) is 1. The fourth-order valence-corrected chi connectivity index (χ4v) is 2.92. The maximum absolute atomic E-state index is 12.6. The molecule has 0 unspecified atom stereocenters. The van der Waals surface area contributed by atoms with E-state index in [1.807, 2.05) is 4.90 Å². The van der Waals surface area contributed by atoms with Crippen molar-refractivity contribution in [3.63, 3.8) is 0 Å². The number of carbonyl (C=O) groups excluding carboxylic acids is 2. The van der Waals surface area contributed by atoms with Gasteiger partial charge in [0.2, 0.25) is 5.91 Å². The quantitative estimate of drug-likeness (QED) is 0.797. The molecule has 1 aromatic heterocycles. The summed E-state index contributed by atoms with van der Waals surface area (Å²) in [6, 6.07) is 3.05. The summed E-state index contributed by atoms with van der Waals surface area (Å²) in [5.74, 6) is -0.0280. The standard InChI is InChI=1S/C15H19N3O3/c19-14(12-3-5-16-6-4-12)18-7-1-2-13(18)15(20)17-8-10-21-11-9-17/h3-6,13H,1-2,7-11H2/t13-/m1/s1. The number of hydrogen-bond acceptors (Lipinski definition) is 4. The zero-order chi connectivity index (χ0) is 14.7. The number of aromatic nitrogens is 1. The molecule has 0 radical (unpaired) electrons. The van der Waals surface area contributed by atoms with E-state index in [1.54, 1.807) is 29.4 Å². The van der Waals surface area contributed by atoms with Crippen molar-refractivity contribution < 1.29 is 14.3 Å². The van der Waals surface area contributed by atoms with Gasteiger partial charge in [0.05, 0.1) is 13.2 Å². The second-order valence-electron chi connectivity index (χ2n) is 5.33. The molecule has 2 saturated heterocycles. The van der Waals surface area contributed by atoms with Crippen LogP contribution in [0.1, 0.15) is 23.2 Å². The van der Waals surface area contributed by atoms with Crippen LogP contribution in [0.3, 0.4) is 0 Å². The monoisotopic (exact) mass is 289 g/mol. The minimum Gasteiger partial charge on any atom is -0.378 e. The Balaban J connectivity index is 1.73. The Morgan fingerprint density at radius 2 is 1.86 bits per heavy atom. The number of amides is 2. The summed E-state index contributed by atoms with van der Waals surface area (Å²) in [6.45, 7) is 3.04. The molecule has 1 atom stereocenters. The summed E-state index contributed by atoms with van der Waals surface area (Å²) in [6.07, 6.45) is 4.81. The van der Waals surface area contributed by atoms with Gasteiger partial charge >= 0.3 is 0 Å². The van der Waals surface area contributed by atoms with E-state index in [9.17, 15) is 9.59 Å². The Morgan fingerprint density at radius 3 is 2.57 bits per heavy atom. The first-order valence-corrected chi connectivity index (χ1v) is 7.35. The predicted octanol–water partition coefficient (Wildman–Crippen LogP) is 0.545. The molecule has 2 aliphatic rings. The lowest BCUT2D eigenvalue weighted by Gasteiger charge is -2.32. The zero-order valence-electron chi connectivity index (χ0n) is 11.9. The molecule has 3 heterocycles. The summed E-state index contributed by atoms with van der Waals surface area (Å²) in [7, 11) is 0. The highest BCUT2D eigenvalue weighted by atomic mass is 16.5. The van der Waals surface area contributed by atoms with E-state index in [1.165, 1.54) is 0 Å². The molecule has 0 N–H and O–H groups in total. The smallest absolute Gasteiger partial charge is 0.254 e. The third-order valence-corrected chi connectivity index (χ3v) is 4.05. The van der Waals surface area contributed by atoms with Crippen molar-refractivity contribution in [2.45, 2.75) is 18.9 Å². The fraction of sp³-hybridized carbons (Fsp3) is 0.533. The average molecular weight is 289 g/mol. The second kappa shape index (κ2) is 6.22. The Labute approximate surface area is 123 Å². The summed E-state index contributed by atoms with van der Waals surface area (Å²) in [5, 5.41) is 0. The van der Waals surface area contributed by atoms with Crippen LogP contribution in [0.2, 0.25) is 0 Å². The Bertz CT molecular complexity index is 514. The van der Waals surface area contributed by atoms with Gasteiger partial charge in [-0.05, 0) is 25.0 Å². The fourth-order valence-electron chi connectivity index (χ4n) is 2.92. The summed E-state index contributed by atoms with van der Waals surface area (Å²) >= 11 is 0. The van der Waals surface area contributed by atoms with Gasteiger partial charge in [-0.2, -0.15) is 0 Å². The SMILES string of the molecule is O=C([C@H]1CCCN1C(=O)c1ccncc1)N1CCOCC1. The molecule has 0 aromatic carbocycles. The van der Waals surface area contributed by atoms with Gasteiger partial charge in [-0.3, -0.25) is 14.6 Å². The molecule has 6 heteroatoms. The van der Waals surface area contributed by atoms with Crippen molar-refractivity contribution in [2.75, 3.05) is 32.8 Å². The number of likely N-dealkylation sites (tertiary alicyclic amines) is 1. The van der Waals surface area contributed by atoms with E-state index in [2.05, 4.69) is 4.98 Å². The van der Waals surface area contributed by atoms with Gasteiger partial charge < -0.3 is 14.5 Å². The minimum atomic E-state index is -0.330. The maximum Gasteiger partial charge on any atom is 0.254 e. The van der Waals surface area contributed by atoms with Crippen LogP contribution in [0.25, 0.3) is 0 Å². The largest absolute Gasteiger partial charge is 0.378 e. The van der Waals surface area contributed by atoms with Crippen LogP contribution in [0, 0.1) is 0 Å². The lowest BCUT2D eigenvalue weighted by Crippen LogP contribution is -2.51. The van der Waals surface area contributed by atoms with Gasteiger partial charge in [-0.1, -0.05) is 0 Å². The average Bonchev–Trinajstić information content (AvgIpc) is 3.04. The van der Waals surface area contributed by atoms with E-state index >= 15 is 0 Å². The molecule has 0 saturated carbocycles. The van der Waals surface area contributed by atoms with Gasteiger partial charge in [0.25, 0.3) is 5.91 Å². The molecule has 0 aliphatic carbocycles. The van der Waals surface area contributed by atoms with Crippen LogP contribution >= 0.6 is 0 Å². The van der Waals surface area contributed by atoms with Gasteiger partial charge in [0.15, 0.2) is 0 Å². The number of hydrogen-bond donors (Lipinski definition) is 0. The first kappa shape index (κ1) is 14.0. The van der Waals surface area contributed by atoms with E-state index in [4.69, 9.17) is 4.74 Å². The van der Waals surface area contributed by atoms with E-state index in [-0.39, 0.29) is 17.9 Å². The molecule has 3 rings (SSSR count). The highest BCUT2D eigenvalue weighted by Gasteiger charge is 2.37. The number of pyridine rings is 1. The third kappa shape index (κ3) is 2.90. The van der Waals surface area contributed by atoms with Gasteiger partial charge in [0.1, 0.15) is 6.04 Å². The maximum atomic E-state index is 12.6. The molecule has 112 valence electrons. The number of nitrogens with zero attached hydrogens (tertiary/aromatic N) is 3. The summed E-state index contributed by atoms with van der Waals surface area (Å²) < 4.78 is 5.27. The zero-order valence-corrected chi connectivity index (χ0v) is 11.9. The molecule has 6 nitrogen and oxygen atoms in total. The second-order valence-corrected chi connectivity index (χ2v) is 5.33. The van der Waals surface area contributed by atoms with Crippen LogP contribution in [0.15, 0.2) is 24.5 Å². The van der Waals surface area contributed by atoms with E-state index in [0.717, 1.165) is 12.8 Å². The molecular formula is C15H19N3O3. The molecule has 2 amide bonds. The first-order valence-electron chi connectivity index (χ1n) is 7.35. The number of carbonyl (C=O) groups is 2. The van der Waals surface area contributed by atoms with Crippen molar-refractivity contribution in [3.8, 4) is 0 Å². The van der Waals surface area contributed by atoms with Gasteiger partial charge in [-0.15, -0.1) is 0 Å². The molecule has 0 spiro atoms. The van der Waals surface area contributed by atoms with Crippen molar-refractivity contribution in [2.24, 2.45) is 0 Å². The van der Waals surface area contributed by atoms with Crippen molar-refractivity contribution in [3.05, 3.63) is 30.1 Å². The molecular weight excluding hydrogens is 270 g/mol. The Kier molecular flexibility index (Phi) is 4.15. The van der Waals surface area contributed by atoms with Gasteiger partial charge in [0, 0.05) is 37.6 Å². The van der Waals surface area contributed by atoms with Crippen LogP contribution in [0.4, 0.5) is 0 Å². The van der Waals surface area contributed by atoms with Crippen LogP contribution in [0.5, 0.6) is 0 Å². The third-order valence-electron chi connectivity index (χ3n) is 4.05. The lowest BCUT2D eigenvalue weighted by atomic mass is 10.1. The van der Waals surface area contributed by atoms with Crippen LogP contribution in [-0.2, 0) is 9.53 Å². The number of rotatable bonds is 2. The first-order chi connectivity index (χ1) is 10.3. The molecule has 2 fully saturated rings. The molecule has 1 aromatic rings. The van der Waals surface area contributed by atoms with Crippen molar-refractivity contribution in [1.82, 2.24) is 14.8 Å². The van der Waals surface area contributed by atoms with Crippen LogP contribution in [-0.4, -0.2) is 65.5 Å². The topological polar surface area (TPSA) is 62.7 Å². The minimum absolute atomic E-state index is 0.0539. The number of morpholine rings is 1. The van der Waals surface area contributed by atoms with Crippen molar-refractivity contribution >= 4 is 11.8 Å². The Morgan fingerprint density at radius 1 is 1.14 bits per heavy atom. The highest BCUT2D eigenvalue weighted by molar-refractivity contribution is 5.97. The van der Waals surface area contributed by atoms with Crippen LogP contribution < -0.4 is 0 Å². The van der Waals surface area contributed by atoms with Gasteiger partial charge in [-0.25, -0.2) is 0 Å². The summed E-state index contributed by atoms with van der Waals surface area (Å²) in [4.78, 5) is 32.6.